The van der Waals surface area contributed by atoms with Gasteiger partial charge in [0.2, 0.25) is 0 Å². The summed E-state index contributed by atoms with van der Waals surface area (Å²) in [6.45, 7) is 2.92. The molecule has 0 radical (unpaired) electrons. The molecule has 1 saturated heterocycles. The third kappa shape index (κ3) is 3.23. The van der Waals surface area contributed by atoms with Crippen molar-refractivity contribution in [2.45, 2.75) is 38.3 Å². The molecule has 3 amide bonds. The molecule has 0 saturated carbocycles. The first kappa shape index (κ1) is 17.7. The second-order valence-corrected chi connectivity index (χ2v) is 7.90. The first-order valence-electron chi connectivity index (χ1n) is 9.59. The van der Waals surface area contributed by atoms with Crippen LogP contribution >= 0.6 is 0 Å². The highest BCUT2D eigenvalue weighted by atomic mass is 16.2. The standard InChI is InChI=1S/C22H25N3O2/c1-22(19-12-11-17-9-6-10-18(17)13-19)20(26)25(21(27)23-22)15-24(2)14-16-7-4-3-5-8-16/h3-5,7-8,11-13H,6,9-10,14-15H2,1-2H3,(H,23,27)/p+1/t22-/m0/s1. The number of benzene rings is 2. The molecule has 1 aliphatic carbocycles. The van der Waals surface area contributed by atoms with Gasteiger partial charge in [0.25, 0.3) is 5.91 Å². The van der Waals surface area contributed by atoms with Gasteiger partial charge < -0.3 is 10.2 Å². The van der Waals surface area contributed by atoms with E-state index in [0.717, 1.165) is 36.3 Å². The molecule has 1 fully saturated rings. The van der Waals surface area contributed by atoms with Gasteiger partial charge in [-0.25, -0.2) is 9.69 Å². The van der Waals surface area contributed by atoms with Crippen LogP contribution < -0.4 is 10.2 Å². The van der Waals surface area contributed by atoms with Gasteiger partial charge in [0.05, 0.1) is 7.05 Å². The molecule has 2 aromatic rings. The lowest BCUT2D eigenvalue weighted by molar-refractivity contribution is -0.901. The number of urea groups is 1. The van der Waals surface area contributed by atoms with Gasteiger partial charge >= 0.3 is 6.03 Å². The van der Waals surface area contributed by atoms with Crippen LogP contribution in [0, 0.1) is 0 Å². The van der Waals surface area contributed by atoms with Gasteiger partial charge in [-0.05, 0) is 42.9 Å². The van der Waals surface area contributed by atoms with Crippen molar-refractivity contribution in [3.8, 4) is 0 Å². The maximum absolute atomic E-state index is 13.2. The molecule has 2 aromatic carbocycles. The van der Waals surface area contributed by atoms with E-state index in [2.05, 4.69) is 29.6 Å². The van der Waals surface area contributed by atoms with Crippen LogP contribution in [0.1, 0.15) is 35.6 Å². The van der Waals surface area contributed by atoms with Crippen molar-refractivity contribution in [3.63, 3.8) is 0 Å². The van der Waals surface area contributed by atoms with Crippen molar-refractivity contribution >= 4 is 11.9 Å². The summed E-state index contributed by atoms with van der Waals surface area (Å²) in [5.41, 5.74) is 3.75. The van der Waals surface area contributed by atoms with Crippen LogP contribution in [0.3, 0.4) is 0 Å². The highest BCUT2D eigenvalue weighted by Crippen LogP contribution is 2.32. The number of nitrogens with one attached hydrogen (secondary N) is 2. The van der Waals surface area contributed by atoms with Crippen LogP contribution in [0.15, 0.2) is 48.5 Å². The molecular formula is C22H26N3O2+. The number of carbonyl (C=O) groups is 2. The predicted molar refractivity (Wildman–Crippen MR) is 103 cm³/mol. The Balaban J connectivity index is 1.51. The number of hydrogen-bond acceptors (Lipinski definition) is 2. The van der Waals surface area contributed by atoms with Crippen LogP contribution in [0.25, 0.3) is 0 Å². The number of rotatable bonds is 5. The number of carbonyl (C=O) groups excluding carboxylic acids is 2. The zero-order valence-electron chi connectivity index (χ0n) is 15.9. The van der Waals surface area contributed by atoms with E-state index in [1.165, 1.54) is 21.6 Å². The quantitative estimate of drug-likeness (QED) is 0.792. The minimum absolute atomic E-state index is 0.169. The first-order chi connectivity index (χ1) is 13.0. The maximum Gasteiger partial charge on any atom is 0.329 e. The van der Waals surface area contributed by atoms with Crippen LogP contribution in [-0.2, 0) is 29.7 Å². The Bertz CT molecular complexity index is 880. The summed E-state index contributed by atoms with van der Waals surface area (Å²) in [5.74, 6) is -0.169. The van der Waals surface area contributed by atoms with Gasteiger partial charge in [-0.2, -0.15) is 0 Å². The molecule has 0 bridgehead atoms. The molecule has 0 spiro atoms. The third-order valence-electron chi connectivity index (χ3n) is 5.73. The number of nitrogens with zero attached hydrogens (tertiary/aromatic N) is 1. The summed E-state index contributed by atoms with van der Waals surface area (Å²) in [6.07, 6.45) is 3.32. The number of imide groups is 1. The summed E-state index contributed by atoms with van der Waals surface area (Å²) < 4.78 is 0. The topological polar surface area (TPSA) is 53.9 Å². The number of amides is 3. The summed E-state index contributed by atoms with van der Waals surface area (Å²) >= 11 is 0. The zero-order chi connectivity index (χ0) is 19.0. The van der Waals surface area contributed by atoms with Crippen LogP contribution in [-0.4, -0.2) is 30.6 Å². The molecule has 1 heterocycles. The Morgan fingerprint density at radius 3 is 2.59 bits per heavy atom. The van der Waals surface area contributed by atoms with Crippen molar-refractivity contribution in [1.29, 1.82) is 0 Å². The fourth-order valence-corrected chi connectivity index (χ4v) is 4.19. The molecular weight excluding hydrogens is 338 g/mol. The summed E-state index contributed by atoms with van der Waals surface area (Å²) in [5, 5.41) is 2.93. The van der Waals surface area contributed by atoms with E-state index in [4.69, 9.17) is 0 Å². The minimum Gasteiger partial charge on any atom is -0.319 e. The van der Waals surface area contributed by atoms with Gasteiger partial charge in [0.15, 0.2) is 6.67 Å². The smallest absolute Gasteiger partial charge is 0.319 e. The normalized spacial score (nSPS) is 22.7. The number of fused-ring (bicyclic) bond motifs is 1. The molecule has 27 heavy (non-hydrogen) atoms. The van der Waals surface area contributed by atoms with Crippen LogP contribution in [0.4, 0.5) is 4.79 Å². The zero-order valence-corrected chi connectivity index (χ0v) is 15.9. The molecule has 1 unspecified atom stereocenters. The lowest BCUT2D eigenvalue weighted by Crippen LogP contribution is -3.09. The summed E-state index contributed by atoms with van der Waals surface area (Å²) in [4.78, 5) is 28.2. The SMILES string of the molecule is C[NH+](Cc1ccccc1)CN1C(=O)N[C@@](C)(c2ccc3c(c2)CCC3)C1=O. The average molecular weight is 364 g/mol. The summed E-state index contributed by atoms with van der Waals surface area (Å²) in [6, 6.07) is 16.0. The van der Waals surface area contributed by atoms with Crippen molar-refractivity contribution in [3.05, 3.63) is 70.8 Å². The van der Waals surface area contributed by atoms with Gasteiger partial charge in [0, 0.05) is 5.56 Å². The van der Waals surface area contributed by atoms with E-state index >= 15 is 0 Å². The lowest BCUT2D eigenvalue weighted by atomic mass is 9.90. The molecule has 140 valence electrons. The lowest BCUT2D eigenvalue weighted by Gasteiger charge is -2.24. The van der Waals surface area contributed by atoms with Gasteiger partial charge in [-0.3, -0.25) is 4.79 Å². The average Bonchev–Trinajstić information content (AvgIpc) is 3.21. The van der Waals surface area contributed by atoms with Gasteiger partial charge in [-0.15, -0.1) is 0 Å². The minimum atomic E-state index is -0.984. The van der Waals surface area contributed by atoms with E-state index in [1.807, 2.05) is 38.2 Å². The van der Waals surface area contributed by atoms with Crippen molar-refractivity contribution in [2.24, 2.45) is 0 Å². The fourth-order valence-electron chi connectivity index (χ4n) is 4.19. The molecule has 2 N–H and O–H groups in total. The Kier molecular flexibility index (Phi) is 4.48. The Morgan fingerprint density at radius 2 is 1.81 bits per heavy atom. The van der Waals surface area contributed by atoms with E-state index in [0.29, 0.717) is 6.67 Å². The molecule has 5 heteroatoms. The second-order valence-electron chi connectivity index (χ2n) is 7.90. The van der Waals surface area contributed by atoms with Crippen LogP contribution in [0.2, 0.25) is 0 Å². The van der Waals surface area contributed by atoms with E-state index in [-0.39, 0.29) is 11.9 Å². The highest BCUT2D eigenvalue weighted by Gasteiger charge is 2.50. The first-order valence-corrected chi connectivity index (χ1v) is 9.59. The molecule has 2 atom stereocenters. The van der Waals surface area contributed by atoms with Gasteiger partial charge in [0.1, 0.15) is 12.1 Å². The Morgan fingerprint density at radius 1 is 1.07 bits per heavy atom. The number of aryl methyl sites for hydroxylation is 2. The van der Waals surface area contributed by atoms with Gasteiger partial charge in [-0.1, -0.05) is 48.5 Å². The fraction of sp³-hybridized carbons (Fsp3) is 0.364. The van der Waals surface area contributed by atoms with Crippen molar-refractivity contribution in [2.75, 3.05) is 13.7 Å². The number of quaternary nitrogens is 1. The van der Waals surface area contributed by atoms with Crippen molar-refractivity contribution < 1.29 is 14.5 Å². The van der Waals surface area contributed by atoms with Crippen molar-refractivity contribution in [1.82, 2.24) is 10.2 Å². The molecule has 5 nitrogen and oxygen atoms in total. The maximum atomic E-state index is 13.2. The Labute approximate surface area is 160 Å². The van der Waals surface area contributed by atoms with Crippen LogP contribution in [0.5, 0.6) is 0 Å². The molecule has 4 rings (SSSR count). The second kappa shape index (κ2) is 6.82. The third-order valence-corrected chi connectivity index (χ3v) is 5.73. The molecule has 2 aliphatic rings. The summed E-state index contributed by atoms with van der Waals surface area (Å²) in [7, 11) is 2.00. The largest absolute Gasteiger partial charge is 0.329 e. The highest BCUT2D eigenvalue weighted by molar-refractivity contribution is 6.07. The van der Waals surface area contributed by atoms with E-state index in [1.54, 1.807) is 0 Å². The monoisotopic (exact) mass is 364 g/mol. The van der Waals surface area contributed by atoms with E-state index < -0.39 is 5.54 Å². The Hall–Kier alpha value is -2.66. The predicted octanol–water partition coefficient (Wildman–Crippen LogP) is 1.61. The molecule has 0 aromatic heterocycles. The number of hydrogen-bond donors (Lipinski definition) is 2. The van der Waals surface area contributed by atoms with E-state index in [9.17, 15) is 9.59 Å². The molecule has 1 aliphatic heterocycles.